The van der Waals surface area contributed by atoms with Crippen LogP contribution in [0, 0.1) is 0 Å². The maximum atomic E-state index is 12.8. The molecule has 0 unspecified atom stereocenters. The van der Waals surface area contributed by atoms with Crippen LogP contribution in [0.2, 0.25) is 0 Å². The molecule has 0 saturated carbocycles. The molecule has 0 aromatic heterocycles. The molecule has 0 spiro atoms. The number of amides is 3. The minimum atomic E-state index is -3.27. The Morgan fingerprint density at radius 1 is 0.963 bits per heavy atom. The van der Waals surface area contributed by atoms with Crippen LogP contribution in [-0.2, 0) is 10.0 Å². The van der Waals surface area contributed by atoms with Gasteiger partial charge in [0.1, 0.15) is 0 Å². The SMILES string of the molecule is CC(C)(C)N1C(=O)c2ccc(C(=O)N3CCN(S(C)(=O)=O)CC3)cc2C1=O. The predicted octanol–water partition coefficient (Wildman–Crippen LogP) is 0.798. The second kappa shape index (κ2) is 6.42. The van der Waals surface area contributed by atoms with E-state index in [1.54, 1.807) is 31.7 Å². The molecule has 2 heterocycles. The van der Waals surface area contributed by atoms with Crippen molar-refractivity contribution in [3.8, 4) is 0 Å². The van der Waals surface area contributed by atoms with Crippen LogP contribution in [0.4, 0.5) is 0 Å². The lowest BCUT2D eigenvalue weighted by Gasteiger charge is -2.33. The van der Waals surface area contributed by atoms with E-state index in [2.05, 4.69) is 0 Å². The molecule has 146 valence electrons. The minimum Gasteiger partial charge on any atom is -0.336 e. The van der Waals surface area contributed by atoms with Crippen LogP contribution in [-0.4, -0.2) is 78.2 Å². The summed E-state index contributed by atoms with van der Waals surface area (Å²) in [5.41, 5.74) is 0.196. The van der Waals surface area contributed by atoms with E-state index < -0.39 is 21.5 Å². The molecule has 1 aromatic rings. The molecule has 0 radical (unpaired) electrons. The van der Waals surface area contributed by atoms with E-state index in [1.807, 2.05) is 0 Å². The number of imide groups is 1. The van der Waals surface area contributed by atoms with Gasteiger partial charge in [-0.25, -0.2) is 8.42 Å². The van der Waals surface area contributed by atoms with Crippen LogP contribution in [0.15, 0.2) is 18.2 Å². The fourth-order valence-electron chi connectivity index (χ4n) is 3.39. The van der Waals surface area contributed by atoms with Crippen LogP contribution in [0.5, 0.6) is 0 Å². The van der Waals surface area contributed by atoms with Crippen molar-refractivity contribution < 1.29 is 22.8 Å². The second-order valence-electron chi connectivity index (χ2n) is 7.83. The Labute approximate surface area is 158 Å². The first-order chi connectivity index (χ1) is 12.4. The largest absolute Gasteiger partial charge is 0.336 e. The summed E-state index contributed by atoms with van der Waals surface area (Å²) in [5, 5.41) is 0. The molecule has 2 aliphatic rings. The van der Waals surface area contributed by atoms with Crippen LogP contribution in [0.3, 0.4) is 0 Å². The monoisotopic (exact) mass is 393 g/mol. The van der Waals surface area contributed by atoms with Crippen molar-refractivity contribution >= 4 is 27.7 Å². The molecule has 1 saturated heterocycles. The zero-order valence-corrected chi connectivity index (χ0v) is 16.7. The number of hydrogen-bond donors (Lipinski definition) is 0. The first kappa shape index (κ1) is 19.5. The highest BCUT2D eigenvalue weighted by atomic mass is 32.2. The number of piperazine rings is 1. The minimum absolute atomic E-state index is 0.232. The third kappa shape index (κ3) is 3.49. The first-order valence-corrected chi connectivity index (χ1v) is 10.5. The van der Waals surface area contributed by atoms with Crippen LogP contribution in [0.1, 0.15) is 51.8 Å². The molecular formula is C18H23N3O5S. The number of fused-ring (bicyclic) bond motifs is 1. The van der Waals surface area contributed by atoms with Crippen LogP contribution in [0.25, 0.3) is 0 Å². The third-order valence-electron chi connectivity index (χ3n) is 4.80. The smallest absolute Gasteiger partial charge is 0.262 e. The maximum absolute atomic E-state index is 12.8. The fourth-order valence-corrected chi connectivity index (χ4v) is 4.22. The summed E-state index contributed by atoms with van der Waals surface area (Å²) in [5.74, 6) is -1.04. The van der Waals surface area contributed by atoms with Gasteiger partial charge in [0.05, 0.1) is 17.4 Å². The van der Waals surface area contributed by atoms with Crippen LogP contribution >= 0.6 is 0 Å². The number of hydrogen-bond acceptors (Lipinski definition) is 5. The van der Waals surface area contributed by atoms with Gasteiger partial charge in [-0.1, -0.05) is 0 Å². The van der Waals surface area contributed by atoms with Crippen molar-refractivity contribution in [3.05, 3.63) is 34.9 Å². The lowest BCUT2D eigenvalue weighted by atomic mass is 10.0. The van der Waals surface area contributed by atoms with Crippen LogP contribution < -0.4 is 0 Å². The highest BCUT2D eigenvalue weighted by molar-refractivity contribution is 7.88. The standard InChI is InChI=1S/C18H23N3O5S/c1-18(2,3)21-16(23)13-6-5-12(11-14(13)17(21)24)15(22)19-7-9-20(10-8-19)27(4,25)26/h5-6,11H,7-10H2,1-4H3. The topological polar surface area (TPSA) is 95.1 Å². The van der Waals surface area contributed by atoms with E-state index in [0.29, 0.717) is 11.1 Å². The van der Waals surface area contributed by atoms with Gasteiger partial charge >= 0.3 is 0 Å². The molecule has 1 aromatic carbocycles. The summed E-state index contributed by atoms with van der Waals surface area (Å²) in [7, 11) is -3.27. The summed E-state index contributed by atoms with van der Waals surface area (Å²) in [4.78, 5) is 40.7. The van der Waals surface area contributed by atoms with Crippen molar-refractivity contribution in [2.24, 2.45) is 0 Å². The molecule has 0 atom stereocenters. The summed E-state index contributed by atoms with van der Waals surface area (Å²) in [6.45, 7) is 6.38. The van der Waals surface area contributed by atoms with Gasteiger partial charge < -0.3 is 4.90 Å². The van der Waals surface area contributed by atoms with E-state index in [0.717, 1.165) is 6.26 Å². The zero-order chi connectivity index (χ0) is 20.1. The Balaban J connectivity index is 1.81. The fraction of sp³-hybridized carbons (Fsp3) is 0.500. The molecule has 0 N–H and O–H groups in total. The Morgan fingerprint density at radius 2 is 1.52 bits per heavy atom. The highest BCUT2D eigenvalue weighted by Crippen LogP contribution is 2.30. The molecule has 0 aliphatic carbocycles. The van der Waals surface area contributed by atoms with E-state index in [9.17, 15) is 22.8 Å². The summed E-state index contributed by atoms with van der Waals surface area (Å²) < 4.78 is 24.5. The van der Waals surface area contributed by atoms with E-state index in [1.165, 1.54) is 21.3 Å². The van der Waals surface area contributed by atoms with Gasteiger partial charge in [-0.15, -0.1) is 0 Å². The molecule has 1 fully saturated rings. The van der Waals surface area contributed by atoms with Crippen molar-refractivity contribution in [2.75, 3.05) is 32.4 Å². The van der Waals surface area contributed by atoms with Gasteiger partial charge in [-0.05, 0) is 39.0 Å². The normalized spacial score (nSPS) is 18.8. The molecule has 8 nitrogen and oxygen atoms in total. The number of rotatable bonds is 2. The highest BCUT2D eigenvalue weighted by Gasteiger charge is 2.42. The molecular weight excluding hydrogens is 370 g/mol. The Bertz CT molecular complexity index is 925. The molecule has 27 heavy (non-hydrogen) atoms. The third-order valence-corrected chi connectivity index (χ3v) is 6.10. The molecule has 9 heteroatoms. The zero-order valence-electron chi connectivity index (χ0n) is 15.9. The van der Waals surface area contributed by atoms with Gasteiger partial charge in [-0.3, -0.25) is 19.3 Å². The first-order valence-electron chi connectivity index (χ1n) is 8.68. The Kier molecular flexibility index (Phi) is 4.63. The van der Waals surface area contributed by atoms with E-state index in [4.69, 9.17) is 0 Å². The maximum Gasteiger partial charge on any atom is 0.262 e. The summed E-state index contributed by atoms with van der Waals surface area (Å²) in [6.07, 6.45) is 1.15. The second-order valence-corrected chi connectivity index (χ2v) is 9.81. The van der Waals surface area contributed by atoms with Crippen molar-refractivity contribution in [1.82, 2.24) is 14.1 Å². The average molecular weight is 393 g/mol. The number of carbonyl (C=O) groups excluding carboxylic acids is 3. The quantitative estimate of drug-likeness (QED) is 0.693. The van der Waals surface area contributed by atoms with Gasteiger partial charge in [0.15, 0.2) is 0 Å². The number of nitrogens with zero attached hydrogens (tertiary/aromatic N) is 3. The summed E-state index contributed by atoms with van der Waals surface area (Å²) in [6, 6.07) is 4.52. The number of sulfonamides is 1. The Hall–Kier alpha value is -2.26. The average Bonchev–Trinajstić information content (AvgIpc) is 2.84. The number of benzene rings is 1. The van der Waals surface area contributed by atoms with Crippen molar-refractivity contribution in [3.63, 3.8) is 0 Å². The molecule has 3 amide bonds. The Morgan fingerprint density at radius 3 is 2.04 bits per heavy atom. The van der Waals surface area contributed by atoms with Gasteiger partial charge in [0, 0.05) is 37.3 Å². The van der Waals surface area contributed by atoms with E-state index >= 15 is 0 Å². The summed E-state index contributed by atoms with van der Waals surface area (Å²) >= 11 is 0. The van der Waals surface area contributed by atoms with Gasteiger partial charge in [0.25, 0.3) is 17.7 Å². The number of carbonyl (C=O) groups is 3. The van der Waals surface area contributed by atoms with E-state index in [-0.39, 0.29) is 43.6 Å². The van der Waals surface area contributed by atoms with Gasteiger partial charge in [-0.2, -0.15) is 4.31 Å². The van der Waals surface area contributed by atoms with Gasteiger partial charge in [0.2, 0.25) is 10.0 Å². The molecule has 2 aliphatic heterocycles. The molecule has 3 rings (SSSR count). The molecule has 0 bridgehead atoms. The predicted molar refractivity (Wildman–Crippen MR) is 99.0 cm³/mol. The lowest BCUT2D eigenvalue weighted by Crippen LogP contribution is -2.50. The lowest BCUT2D eigenvalue weighted by molar-refractivity contribution is 0.0507. The van der Waals surface area contributed by atoms with Crippen molar-refractivity contribution in [1.29, 1.82) is 0 Å². The van der Waals surface area contributed by atoms with Crippen molar-refractivity contribution in [2.45, 2.75) is 26.3 Å².